The van der Waals surface area contributed by atoms with Crippen LogP contribution in [0.3, 0.4) is 0 Å². The summed E-state index contributed by atoms with van der Waals surface area (Å²) in [5, 5.41) is 17.7. The summed E-state index contributed by atoms with van der Waals surface area (Å²) in [6, 6.07) is 9.61. The molecule has 0 spiro atoms. The zero-order valence-electron chi connectivity index (χ0n) is 11.9. The van der Waals surface area contributed by atoms with Crippen LogP contribution in [-0.2, 0) is 9.53 Å². The molecule has 0 bridgehead atoms. The number of para-hydroxylation sites is 1. The first kappa shape index (κ1) is 15.5. The molecular formula is C14H17N3O3S. The highest BCUT2D eigenvalue weighted by molar-refractivity contribution is 7.99. The minimum atomic E-state index is -0.886. The average molecular weight is 307 g/mol. The number of hydrogen-bond donors (Lipinski definition) is 1. The lowest BCUT2D eigenvalue weighted by molar-refractivity contribution is -0.133. The molecule has 0 fully saturated rings. The van der Waals surface area contributed by atoms with E-state index in [2.05, 4.69) is 10.2 Å². The fourth-order valence-corrected chi connectivity index (χ4v) is 2.66. The minimum Gasteiger partial charge on any atom is -0.481 e. The van der Waals surface area contributed by atoms with Crippen LogP contribution in [0.4, 0.5) is 0 Å². The third-order valence-corrected chi connectivity index (χ3v) is 3.85. The Bertz CT molecular complexity index is 597. The summed E-state index contributed by atoms with van der Waals surface area (Å²) in [4.78, 5) is 10.8. The summed E-state index contributed by atoms with van der Waals surface area (Å²) in [5.41, 5.74) is 0.890. The summed E-state index contributed by atoms with van der Waals surface area (Å²) < 4.78 is 7.29. The van der Waals surface area contributed by atoms with Crippen LogP contribution in [0.25, 0.3) is 5.69 Å². The van der Waals surface area contributed by atoms with Gasteiger partial charge in [-0.05, 0) is 18.6 Å². The molecule has 0 radical (unpaired) electrons. The molecule has 1 atom stereocenters. The zero-order valence-corrected chi connectivity index (χ0v) is 12.7. The van der Waals surface area contributed by atoms with Crippen LogP contribution in [-0.4, -0.2) is 38.7 Å². The molecule has 1 heterocycles. The van der Waals surface area contributed by atoms with Crippen molar-refractivity contribution in [2.24, 2.45) is 0 Å². The van der Waals surface area contributed by atoms with E-state index in [9.17, 15) is 4.79 Å². The van der Waals surface area contributed by atoms with E-state index in [0.717, 1.165) is 23.9 Å². The summed E-state index contributed by atoms with van der Waals surface area (Å²) in [6.45, 7) is 2.00. The molecule has 0 saturated heterocycles. The Hall–Kier alpha value is -1.86. The molecule has 0 unspecified atom stereocenters. The molecule has 1 aromatic heterocycles. The molecule has 1 N–H and O–H groups in total. The molecule has 21 heavy (non-hydrogen) atoms. The Morgan fingerprint density at radius 2 is 2.10 bits per heavy atom. The van der Waals surface area contributed by atoms with Crippen molar-refractivity contribution in [3.05, 3.63) is 36.2 Å². The number of carboxylic acid groups (broad SMARTS) is 1. The van der Waals surface area contributed by atoms with Gasteiger partial charge in [-0.1, -0.05) is 36.9 Å². The van der Waals surface area contributed by atoms with Crippen molar-refractivity contribution in [1.82, 2.24) is 14.8 Å². The first-order valence-corrected chi connectivity index (χ1v) is 7.54. The van der Waals surface area contributed by atoms with Crippen molar-refractivity contribution in [2.45, 2.75) is 24.6 Å². The number of aliphatic carboxylic acids is 1. The Balaban J connectivity index is 2.45. The molecule has 1 aromatic carbocycles. The lowest BCUT2D eigenvalue weighted by Crippen LogP contribution is -2.10. The van der Waals surface area contributed by atoms with E-state index in [4.69, 9.17) is 9.84 Å². The second-order valence-corrected chi connectivity index (χ2v) is 5.27. The van der Waals surface area contributed by atoms with Gasteiger partial charge in [-0.3, -0.25) is 9.36 Å². The van der Waals surface area contributed by atoms with Gasteiger partial charge in [0, 0.05) is 12.8 Å². The average Bonchev–Trinajstić information content (AvgIpc) is 2.91. The lowest BCUT2D eigenvalue weighted by atomic mass is 10.2. The smallest absolute Gasteiger partial charge is 0.313 e. The largest absolute Gasteiger partial charge is 0.481 e. The highest BCUT2D eigenvalue weighted by Gasteiger charge is 2.21. The molecule has 2 rings (SSSR count). The fourth-order valence-electron chi connectivity index (χ4n) is 1.98. The van der Waals surface area contributed by atoms with Gasteiger partial charge >= 0.3 is 5.97 Å². The number of thioether (sulfide) groups is 1. The molecule has 6 nitrogen and oxygen atoms in total. The SMILES string of the molecule is CC[C@@H](OC)c1nnc(SCC(=O)O)n1-c1ccccc1. The summed E-state index contributed by atoms with van der Waals surface area (Å²) in [7, 11) is 1.63. The second-order valence-electron chi connectivity index (χ2n) is 4.33. The second kappa shape index (κ2) is 7.24. The number of ether oxygens (including phenoxy) is 1. The maximum Gasteiger partial charge on any atom is 0.313 e. The van der Waals surface area contributed by atoms with Crippen LogP contribution < -0.4 is 0 Å². The van der Waals surface area contributed by atoms with E-state index in [0.29, 0.717) is 11.0 Å². The van der Waals surface area contributed by atoms with Gasteiger partial charge in [-0.2, -0.15) is 0 Å². The number of carboxylic acids is 1. The van der Waals surface area contributed by atoms with Crippen molar-refractivity contribution >= 4 is 17.7 Å². The van der Waals surface area contributed by atoms with Crippen LogP contribution in [0.1, 0.15) is 25.3 Å². The Labute approximate surface area is 127 Å². The van der Waals surface area contributed by atoms with Crippen molar-refractivity contribution in [3.63, 3.8) is 0 Å². The van der Waals surface area contributed by atoms with Crippen LogP contribution in [0.15, 0.2) is 35.5 Å². The molecular weight excluding hydrogens is 290 g/mol. The van der Waals surface area contributed by atoms with E-state index in [-0.39, 0.29) is 11.9 Å². The Morgan fingerprint density at radius 1 is 1.38 bits per heavy atom. The van der Waals surface area contributed by atoms with Crippen molar-refractivity contribution in [2.75, 3.05) is 12.9 Å². The van der Waals surface area contributed by atoms with E-state index in [1.54, 1.807) is 7.11 Å². The minimum absolute atomic E-state index is 0.0608. The molecule has 7 heteroatoms. The highest BCUT2D eigenvalue weighted by atomic mass is 32.2. The number of benzene rings is 1. The molecule has 0 aliphatic carbocycles. The molecule has 0 amide bonds. The molecule has 112 valence electrons. The third-order valence-electron chi connectivity index (χ3n) is 2.94. The van der Waals surface area contributed by atoms with Gasteiger partial charge in [-0.15, -0.1) is 10.2 Å². The fraction of sp³-hybridized carbons (Fsp3) is 0.357. The van der Waals surface area contributed by atoms with Gasteiger partial charge in [0.1, 0.15) is 6.10 Å². The van der Waals surface area contributed by atoms with Gasteiger partial charge in [0.15, 0.2) is 11.0 Å². The first-order valence-electron chi connectivity index (χ1n) is 6.55. The van der Waals surface area contributed by atoms with Crippen molar-refractivity contribution < 1.29 is 14.6 Å². The van der Waals surface area contributed by atoms with Crippen LogP contribution in [0.2, 0.25) is 0 Å². The maximum atomic E-state index is 10.8. The van der Waals surface area contributed by atoms with Crippen molar-refractivity contribution in [3.8, 4) is 5.69 Å². The summed E-state index contributed by atoms with van der Waals surface area (Å²) in [5.74, 6) is -0.267. The van der Waals surface area contributed by atoms with E-state index in [1.807, 2.05) is 41.8 Å². The lowest BCUT2D eigenvalue weighted by Gasteiger charge is -2.15. The van der Waals surface area contributed by atoms with Crippen LogP contribution >= 0.6 is 11.8 Å². The molecule has 0 saturated carbocycles. The number of carbonyl (C=O) groups is 1. The Kier molecular flexibility index (Phi) is 5.35. The number of nitrogens with zero attached hydrogens (tertiary/aromatic N) is 3. The van der Waals surface area contributed by atoms with E-state index in [1.165, 1.54) is 0 Å². The molecule has 0 aliphatic heterocycles. The first-order chi connectivity index (χ1) is 10.2. The number of hydrogen-bond acceptors (Lipinski definition) is 5. The van der Waals surface area contributed by atoms with Crippen LogP contribution in [0.5, 0.6) is 0 Å². The summed E-state index contributed by atoms with van der Waals surface area (Å²) in [6.07, 6.45) is 0.572. The maximum absolute atomic E-state index is 10.8. The number of aromatic nitrogens is 3. The van der Waals surface area contributed by atoms with Gasteiger partial charge < -0.3 is 9.84 Å². The normalized spacial score (nSPS) is 12.3. The monoisotopic (exact) mass is 307 g/mol. The quantitative estimate of drug-likeness (QED) is 0.792. The molecule has 2 aromatic rings. The van der Waals surface area contributed by atoms with Gasteiger partial charge in [0.05, 0.1) is 5.75 Å². The zero-order chi connectivity index (χ0) is 15.2. The predicted octanol–water partition coefficient (Wildman–Crippen LogP) is 2.54. The number of methoxy groups -OCH3 is 1. The van der Waals surface area contributed by atoms with E-state index >= 15 is 0 Å². The van der Waals surface area contributed by atoms with Gasteiger partial charge in [0.25, 0.3) is 0 Å². The highest BCUT2D eigenvalue weighted by Crippen LogP contribution is 2.27. The van der Waals surface area contributed by atoms with Crippen LogP contribution in [0, 0.1) is 0 Å². The standard InChI is InChI=1S/C14H17N3O3S/c1-3-11(20-2)13-15-16-14(21-9-12(18)19)17(13)10-7-5-4-6-8-10/h4-8,11H,3,9H2,1-2H3,(H,18,19)/t11-/m1/s1. The third kappa shape index (κ3) is 3.62. The Morgan fingerprint density at radius 3 is 2.67 bits per heavy atom. The van der Waals surface area contributed by atoms with E-state index < -0.39 is 5.97 Å². The predicted molar refractivity (Wildman–Crippen MR) is 79.8 cm³/mol. The van der Waals surface area contributed by atoms with Crippen molar-refractivity contribution in [1.29, 1.82) is 0 Å². The topological polar surface area (TPSA) is 77.2 Å². The van der Waals surface area contributed by atoms with Gasteiger partial charge in [-0.25, -0.2) is 0 Å². The molecule has 0 aliphatic rings. The van der Waals surface area contributed by atoms with Gasteiger partial charge in [0.2, 0.25) is 0 Å². The summed E-state index contributed by atoms with van der Waals surface area (Å²) >= 11 is 1.14. The number of rotatable bonds is 7.